The van der Waals surface area contributed by atoms with Crippen molar-refractivity contribution in [2.45, 2.75) is 155 Å². The molecule has 0 amide bonds. The van der Waals surface area contributed by atoms with Crippen LogP contribution in [0.3, 0.4) is 0 Å². The summed E-state index contributed by atoms with van der Waals surface area (Å²) in [7, 11) is 0. The highest BCUT2D eigenvalue weighted by molar-refractivity contribution is 4.79. The maximum absolute atomic E-state index is 5.94. The van der Waals surface area contributed by atoms with Gasteiger partial charge in [0.1, 0.15) is 5.60 Å². The maximum Gasteiger partial charge on any atom is 0.107 e. The molecular formula is C25H52O3. The SMILES string of the molecule is CCCCCCCCCCCCC(CCCC)(CCCC)OOOCCCC. The van der Waals surface area contributed by atoms with Crippen LogP contribution >= 0.6 is 0 Å². The molecule has 3 nitrogen and oxygen atoms in total. The third-order valence-corrected chi connectivity index (χ3v) is 5.80. The zero-order chi connectivity index (χ0) is 20.8. The van der Waals surface area contributed by atoms with E-state index in [-0.39, 0.29) is 5.60 Å². The maximum atomic E-state index is 5.94. The summed E-state index contributed by atoms with van der Waals surface area (Å²) in [6.07, 6.45) is 23.9. The Bertz CT molecular complexity index is 286. The van der Waals surface area contributed by atoms with Gasteiger partial charge in [-0.1, -0.05) is 129 Å². The van der Waals surface area contributed by atoms with Crippen molar-refractivity contribution < 1.29 is 14.8 Å². The fourth-order valence-corrected chi connectivity index (χ4v) is 3.77. The van der Waals surface area contributed by atoms with Crippen LogP contribution in [0.5, 0.6) is 0 Å². The average Bonchev–Trinajstić information content (AvgIpc) is 2.71. The molecule has 0 N–H and O–H groups in total. The minimum Gasteiger partial charge on any atom is -0.206 e. The number of hydrogen-bond acceptors (Lipinski definition) is 3. The van der Waals surface area contributed by atoms with Gasteiger partial charge in [0, 0.05) is 0 Å². The normalized spacial score (nSPS) is 12.0. The van der Waals surface area contributed by atoms with Crippen molar-refractivity contribution >= 4 is 0 Å². The summed E-state index contributed by atoms with van der Waals surface area (Å²) >= 11 is 0. The van der Waals surface area contributed by atoms with E-state index in [0.717, 1.165) is 32.1 Å². The fraction of sp³-hybridized carbons (Fsp3) is 1.00. The van der Waals surface area contributed by atoms with E-state index in [1.54, 1.807) is 0 Å². The molecule has 0 heterocycles. The van der Waals surface area contributed by atoms with E-state index < -0.39 is 0 Å². The van der Waals surface area contributed by atoms with Crippen molar-refractivity contribution in [3.8, 4) is 0 Å². The summed E-state index contributed by atoms with van der Waals surface area (Å²) < 4.78 is 0. The van der Waals surface area contributed by atoms with E-state index in [1.807, 2.05) is 0 Å². The Labute approximate surface area is 177 Å². The van der Waals surface area contributed by atoms with Crippen LogP contribution in [-0.2, 0) is 14.8 Å². The zero-order valence-electron chi connectivity index (χ0n) is 19.9. The first-order valence-corrected chi connectivity index (χ1v) is 12.7. The fourth-order valence-electron chi connectivity index (χ4n) is 3.77. The van der Waals surface area contributed by atoms with Gasteiger partial charge in [0.25, 0.3) is 0 Å². The average molecular weight is 401 g/mol. The Balaban J connectivity index is 4.17. The topological polar surface area (TPSA) is 27.7 Å². The van der Waals surface area contributed by atoms with Crippen LogP contribution < -0.4 is 0 Å². The molecule has 0 saturated heterocycles. The molecule has 0 aliphatic carbocycles. The Morgan fingerprint density at radius 1 is 0.464 bits per heavy atom. The van der Waals surface area contributed by atoms with Gasteiger partial charge in [-0.25, -0.2) is 4.89 Å². The van der Waals surface area contributed by atoms with Gasteiger partial charge in [0.05, 0.1) is 6.61 Å². The first kappa shape index (κ1) is 27.9. The molecule has 0 radical (unpaired) electrons. The Hall–Kier alpha value is -0.120. The number of unbranched alkanes of at least 4 members (excludes halogenated alkanes) is 12. The molecule has 0 aromatic heterocycles. The summed E-state index contributed by atoms with van der Waals surface area (Å²) in [5.41, 5.74) is -0.154. The molecule has 0 aromatic rings. The Kier molecular flexibility index (Phi) is 21.5. The first-order chi connectivity index (χ1) is 13.7. The molecule has 0 fully saturated rings. The number of hydrogen-bond donors (Lipinski definition) is 0. The van der Waals surface area contributed by atoms with Crippen molar-refractivity contribution in [1.82, 2.24) is 0 Å². The summed E-state index contributed by atoms with van der Waals surface area (Å²) in [6, 6.07) is 0. The standard InChI is InChI=1S/C25H52O3/c1-5-9-13-14-15-16-17-18-19-20-23-25(21-10-6-2,22-11-7-3)27-28-26-24-12-8-4/h5-24H2,1-4H3. The van der Waals surface area contributed by atoms with Crippen molar-refractivity contribution in [2.75, 3.05) is 6.61 Å². The van der Waals surface area contributed by atoms with Crippen LogP contribution in [0, 0.1) is 0 Å². The smallest absolute Gasteiger partial charge is 0.107 e. The molecule has 170 valence electrons. The lowest BCUT2D eigenvalue weighted by Gasteiger charge is -2.32. The van der Waals surface area contributed by atoms with Crippen molar-refractivity contribution in [2.24, 2.45) is 0 Å². The third-order valence-electron chi connectivity index (χ3n) is 5.80. The summed E-state index contributed by atoms with van der Waals surface area (Å²) in [4.78, 5) is 11.2. The third kappa shape index (κ3) is 16.8. The molecule has 0 saturated carbocycles. The summed E-state index contributed by atoms with van der Waals surface area (Å²) in [5.74, 6) is 0. The van der Waals surface area contributed by atoms with E-state index in [1.165, 1.54) is 89.9 Å². The zero-order valence-corrected chi connectivity index (χ0v) is 19.9. The lowest BCUT2D eigenvalue weighted by Crippen LogP contribution is -2.33. The predicted octanol–water partition coefficient (Wildman–Crippen LogP) is 9.10. The molecule has 3 heteroatoms. The van der Waals surface area contributed by atoms with Crippen LogP contribution in [-0.4, -0.2) is 12.2 Å². The van der Waals surface area contributed by atoms with E-state index in [0.29, 0.717) is 6.61 Å². The second-order valence-corrected chi connectivity index (χ2v) is 8.65. The lowest BCUT2D eigenvalue weighted by atomic mass is 9.85. The molecule has 0 bridgehead atoms. The second kappa shape index (κ2) is 21.6. The van der Waals surface area contributed by atoms with Gasteiger partial charge in [-0.2, -0.15) is 4.89 Å². The molecule has 0 aliphatic rings. The van der Waals surface area contributed by atoms with Crippen molar-refractivity contribution in [3.05, 3.63) is 0 Å². The van der Waals surface area contributed by atoms with Gasteiger partial charge in [0.15, 0.2) is 0 Å². The first-order valence-electron chi connectivity index (χ1n) is 12.7. The second-order valence-electron chi connectivity index (χ2n) is 8.65. The van der Waals surface area contributed by atoms with Gasteiger partial charge >= 0.3 is 0 Å². The molecule has 0 aromatic carbocycles. The van der Waals surface area contributed by atoms with Gasteiger partial charge in [0.2, 0.25) is 0 Å². The van der Waals surface area contributed by atoms with E-state index in [9.17, 15) is 0 Å². The summed E-state index contributed by atoms with van der Waals surface area (Å²) in [5, 5.41) is 5.24. The quantitative estimate of drug-likeness (QED) is 0.0972. The van der Waals surface area contributed by atoms with Gasteiger partial charge in [-0.05, 0) is 25.7 Å². The highest BCUT2D eigenvalue weighted by Crippen LogP contribution is 2.32. The van der Waals surface area contributed by atoms with Crippen molar-refractivity contribution in [3.63, 3.8) is 0 Å². The molecule has 0 rings (SSSR count). The molecule has 0 spiro atoms. The van der Waals surface area contributed by atoms with Crippen LogP contribution in [0.15, 0.2) is 0 Å². The van der Waals surface area contributed by atoms with Crippen LogP contribution in [0.2, 0.25) is 0 Å². The van der Waals surface area contributed by atoms with Crippen molar-refractivity contribution in [1.29, 1.82) is 0 Å². The highest BCUT2D eigenvalue weighted by Gasteiger charge is 2.31. The molecule has 0 atom stereocenters. The highest BCUT2D eigenvalue weighted by atomic mass is 17.5. The van der Waals surface area contributed by atoms with Gasteiger partial charge in [-0.15, -0.1) is 0 Å². The molecule has 0 aliphatic heterocycles. The minimum absolute atomic E-state index is 0.154. The monoisotopic (exact) mass is 400 g/mol. The minimum atomic E-state index is -0.154. The van der Waals surface area contributed by atoms with E-state index >= 15 is 0 Å². The van der Waals surface area contributed by atoms with Crippen LogP contribution in [0.4, 0.5) is 0 Å². The summed E-state index contributed by atoms with van der Waals surface area (Å²) in [6.45, 7) is 9.56. The largest absolute Gasteiger partial charge is 0.206 e. The lowest BCUT2D eigenvalue weighted by molar-refractivity contribution is -0.546. The van der Waals surface area contributed by atoms with Gasteiger partial charge < -0.3 is 0 Å². The predicted molar refractivity (Wildman–Crippen MR) is 121 cm³/mol. The Morgan fingerprint density at radius 2 is 0.893 bits per heavy atom. The van der Waals surface area contributed by atoms with E-state index in [4.69, 9.17) is 14.8 Å². The van der Waals surface area contributed by atoms with Crippen LogP contribution in [0.1, 0.15) is 150 Å². The Morgan fingerprint density at radius 3 is 1.39 bits per heavy atom. The molecular weight excluding hydrogens is 348 g/mol. The van der Waals surface area contributed by atoms with Gasteiger partial charge in [-0.3, -0.25) is 0 Å². The van der Waals surface area contributed by atoms with E-state index in [2.05, 4.69) is 27.7 Å². The van der Waals surface area contributed by atoms with Crippen LogP contribution in [0.25, 0.3) is 0 Å². The molecule has 0 unspecified atom stereocenters. The number of rotatable bonds is 23. The molecule has 28 heavy (non-hydrogen) atoms.